The summed E-state index contributed by atoms with van der Waals surface area (Å²) in [5.74, 6) is 2.98. The molecule has 0 aromatic carbocycles. The van der Waals surface area contributed by atoms with Gasteiger partial charge in [-0.2, -0.15) is 5.26 Å². The van der Waals surface area contributed by atoms with E-state index in [-0.39, 0.29) is 18.0 Å². The Morgan fingerprint density at radius 3 is 3.00 bits per heavy atom. The highest BCUT2D eigenvalue weighted by atomic mass is 32.2. The van der Waals surface area contributed by atoms with Crippen LogP contribution in [-0.2, 0) is 4.79 Å². The molecule has 2 heterocycles. The molecule has 2 aliphatic heterocycles. The molecule has 0 bridgehead atoms. The van der Waals surface area contributed by atoms with Gasteiger partial charge in [-0.25, -0.2) is 0 Å². The molecule has 0 aromatic rings. The number of thioether (sulfide) groups is 2. The first kappa shape index (κ1) is 14.0. The first-order valence-corrected chi connectivity index (χ1v) is 8.47. The maximum Gasteiger partial charge on any atom is 0.242 e. The summed E-state index contributed by atoms with van der Waals surface area (Å²) < 4.78 is 0. The number of carbonyl (C=O) groups is 1. The second kappa shape index (κ2) is 6.18. The van der Waals surface area contributed by atoms with Crippen molar-refractivity contribution < 1.29 is 4.79 Å². The Hall–Kier alpha value is -0.380. The highest BCUT2D eigenvalue weighted by Crippen LogP contribution is 2.27. The predicted molar refractivity (Wildman–Crippen MR) is 76.2 cm³/mol. The second-order valence-corrected chi connectivity index (χ2v) is 7.36. The summed E-state index contributed by atoms with van der Waals surface area (Å²) in [6.45, 7) is 4.39. The molecule has 0 radical (unpaired) electrons. The van der Waals surface area contributed by atoms with E-state index in [1.165, 1.54) is 0 Å². The van der Waals surface area contributed by atoms with Crippen molar-refractivity contribution in [3.63, 3.8) is 0 Å². The van der Waals surface area contributed by atoms with E-state index in [4.69, 9.17) is 5.26 Å². The van der Waals surface area contributed by atoms with Crippen LogP contribution >= 0.6 is 23.5 Å². The zero-order valence-corrected chi connectivity index (χ0v) is 12.4. The predicted octanol–water partition coefficient (Wildman–Crippen LogP) is 1.49. The fourth-order valence-corrected chi connectivity index (χ4v) is 4.74. The van der Waals surface area contributed by atoms with Gasteiger partial charge in [0.05, 0.1) is 23.4 Å². The monoisotopic (exact) mass is 285 g/mol. The smallest absolute Gasteiger partial charge is 0.242 e. The molecular formula is C12H19N3OS2. The number of nitrogens with zero attached hydrogens (tertiary/aromatic N) is 2. The van der Waals surface area contributed by atoms with Crippen LogP contribution in [0.5, 0.6) is 0 Å². The standard InChI is InChI=1S/C12H19N3OS2/c1-8(2)3-11-14-10(6-18-11)12(16)15-7-17-5-9(15)4-13/h8-11,14H,3,5-7H2,1-2H3/t9-,10+,11?/m1/s1. The van der Waals surface area contributed by atoms with Crippen molar-refractivity contribution in [1.82, 2.24) is 10.2 Å². The summed E-state index contributed by atoms with van der Waals surface area (Å²) in [5, 5.41) is 12.8. The summed E-state index contributed by atoms with van der Waals surface area (Å²) in [4.78, 5) is 14.1. The lowest BCUT2D eigenvalue weighted by molar-refractivity contribution is -0.132. The zero-order valence-electron chi connectivity index (χ0n) is 10.8. The number of rotatable bonds is 3. The quantitative estimate of drug-likeness (QED) is 0.851. The van der Waals surface area contributed by atoms with E-state index in [1.807, 2.05) is 11.8 Å². The third kappa shape index (κ3) is 3.14. The van der Waals surface area contributed by atoms with E-state index in [0.717, 1.165) is 17.9 Å². The van der Waals surface area contributed by atoms with Crippen molar-refractivity contribution in [2.45, 2.75) is 37.7 Å². The van der Waals surface area contributed by atoms with E-state index in [0.29, 0.717) is 17.2 Å². The maximum absolute atomic E-state index is 12.3. The lowest BCUT2D eigenvalue weighted by Gasteiger charge is -2.22. The van der Waals surface area contributed by atoms with Crippen LogP contribution in [0.15, 0.2) is 0 Å². The minimum Gasteiger partial charge on any atom is -0.315 e. The topological polar surface area (TPSA) is 56.1 Å². The Morgan fingerprint density at radius 1 is 1.56 bits per heavy atom. The van der Waals surface area contributed by atoms with Gasteiger partial charge < -0.3 is 4.90 Å². The molecule has 4 nitrogen and oxygen atoms in total. The number of hydrogen-bond donors (Lipinski definition) is 1. The molecule has 3 atom stereocenters. The maximum atomic E-state index is 12.3. The van der Waals surface area contributed by atoms with E-state index < -0.39 is 0 Å². The molecule has 0 aliphatic carbocycles. The first-order chi connectivity index (χ1) is 8.61. The van der Waals surface area contributed by atoms with Gasteiger partial charge in [-0.1, -0.05) is 13.8 Å². The van der Waals surface area contributed by atoms with Gasteiger partial charge in [0.2, 0.25) is 5.91 Å². The molecule has 0 aromatic heterocycles. The molecule has 0 spiro atoms. The third-order valence-corrected chi connectivity index (χ3v) is 5.42. The van der Waals surface area contributed by atoms with Crippen molar-refractivity contribution >= 4 is 29.4 Å². The number of carbonyl (C=O) groups excluding carboxylic acids is 1. The third-order valence-electron chi connectivity index (χ3n) is 3.15. The fourth-order valence-electron chi connectivity index (χ4n) is 2.21. The van der Waals surface area contributed by atoms with Crippen molar-refractivity contribution in [1.29, 1.82) is 5.26 Å². The van der Waals surface area contributed by atoms with Crippen LogP contribution in [0.3, 0.4) is 0 Å². The summed E-state index contributed by atoms with van der Waals surface area (Å²) >= 11 is 3.49. The van der Waals surface area contributed by atoms with Gasteiger partial charge >= 0.3 is 0 Å². The van der Waals surface area contributed by atoms with E-state index >= 15 is 0 Å². The molecular weight excluding hydrogens is 266 g/mol. The highest BCUT2D eigenvalue weighted by molar-refractivity contribution is 8.00. The van der Waals surface area contributed by atoms with Crippen molar-refractivity contribution in [3.8, 4) is 6.07 Å². The molecule has 1 amide bonds. The van der Waals surface area contributed by atoms with E-state index in [1.54, 1.807) is 16.7 Å². The van der Waals surface area contributed by atoms with Crippen LogP contribution in [0.25, 0.3) is 0 Å². The Kier molecular flexibility index (Phi) is 4.82. The lowest BCUT2D eigenvalue weighted by Crippen LogP contribution is -2.48. The highest BCUT2D eigenvalue weighted by Gasteiger charge is 2.37. The lowest BCUT2D eigenvalue weighted by atomic mass is 10.1. The van der Waals surface area contributed by atoms with Gasteiger partial charge in [-0.3, -0.25) is 10.1 Å². The van der Waals surface area contributed by atoms with Crippen LogP contribution < -0.4 is 5.32 Å². The van der Waals surface area contributed by atoms with E-state index in [9.17, 15) is 4.79 Å². The molecule has 6 heteroatoms. The van der Waals surface area contributed by atoms with Gasteiger partial charge in [0.25, 0.3) is 0 Å². The van der Waals surface area contributed by atoms with Crippen molar-refractivity contribution in [2.75, 3.05) is 17.4 Å². The molecule has 2 rings (SSSR count). The molecule has 2 saturated heterocycles. The van der Waals surface area contributed by atoms with Crippen LogP contribution in [0, 0.1) is 17.2 Å². The first-order valence-electron chi connectivity index (χ1n) is 6.27. The van der Waals surface area contributed by atoms with Gasteiger partial charge in [-0.05, 0) is 12.3 Å². The minimum atomic E-state index is -0.238. The van der Waals surface area contributed by atoms with Crippen molar-refractivity contribution in [3.05, 3.63) is 0 Å². The Bertz CT molecular complexity index is 356. The SMILES string of the molecule is CC(C)CC1N[C@H](C(=O)N2CSC[C@H]2C#N)CS1. The molecule has 0 saturated carbocycles. The molecule has 2 fully saturated rings. The van der Waals surface area contributed by atoms with E-state index in [2.05, 4.69) is 25.2 Å². The average Bonchev–Trinajstić information content (AvgIpc) is 2.95. The van der Waals surface area contributed by atoms with Gasteiger partial charge in [-0.15, -0.1) is 23.5 Å². The average molecular weight is 285 g/mol. The van der Waals surface area contributed by atoms with Crippen LogP contribution in [0.1, 0.15) is 20.3 Å². The number of hydrogen-bond acceptors (Lipinski definition) is 5. The molecule has 2 aliphatic rings. The zero-order chi connectivity index (χ0) is 13.1. The number of nitriles is 1. The summed E-state index contributed by atoms with van der Waals surface area (Å²) in [5.41, 5.74) is 0. The second-order valence-electron chi connectivity index (χ2n) is 5.12. The Balaban J connectivity index is 1.89. The van der Waals surface area contributed by atoms with Gasteiger partial charge in [0.15, 0.2) is 0 Å². The van der Waals surface area contributed by atoms with Gasteiger partial charge in [0, 0.05) is 11.5 Å². The number of amides is 1. The van der Waals surface area contributed by atoms with Crippen LogP contribution in [0.4, 0.5) is 0 Å². The fraction of sp³-hybridized carbons (Fsp3) is 0.833. The summed E-state index contributed by atoms with van der Waals surface area (Å²) in [6, 6.07) is 1.87. The molecule has 100 valence electrons. The Labute approximate surface area is 117 Å². The van der Waals surface area contributed by atoms with Crippen LogP contribution in [0.2, 0.25) is 0 Å². The largest absolute Gasteiger partial charge is 0.315 e. The molecule has 1 N–H and O–H groups in total. The summed E-state index contributed by atoms with van der Waals surface area (Å²) in [7, 11) is 0. The summed E-state index contributed by atoms with van der Waals surface area (Å²) in [6.07, 6.45) is 1.09. The normalized spacial score (nSPS) is 31.9. The molecule has 18 heavy (non-hydrogen) atoms. The van der Waals surface area contributed by atoms with Gasteiger partial charge in [0.1, 0.15) is 6.04 Å². The number of nitrogens with one attached hydrogen (secondary N) is 1. The minimum absolute atomic E-state index is 0.102. The van der Waals surface area contributed by atoms with Crippen molar-refractivity contribution in [2.24, 2.45) is 5.92 Å². The molecule has 1 unspecified atom stereocenters. The Morgan fingerprint density at radius 2 is 2.33 bits per heavy atom. The van der Waals surface area contributed by atoms with Crippen LogP contribution in [-0.4, -0.2) is 45.6 Å².